The van der Waals surface area contributed by atoms with Crippen molar-refractivity contribution >= 4 is 12.0 Å². The van der Waals surface area contributed by atoms with Crippen molar-refractivity contribution in [2.75, 3.05) is 13.1 Å². The van der Waals surface area contributed by atoms with Gasteiger partial charge in [0.1, 0.15) is 5.82 Å². The average Bonchev–Trinajstić information content (AvgIpc) is 2.82. The Morgan fingerprint density at radius 1 is 1.50 bits per heavy atom. The van der Waals surface area contributed by atoms with Crippen LogP contribution in [-0.2, 0) is 17.9 Å². The molecule has 8 heteroatoms. The SMILES string of the molecule is O=C(O)C(O)CNC(=O)N1CCn2ccnc2C1. The van der Waals surface area contributed by atoms with Gasteiger partial charge in [-0.1, -0.05) is 0 Å². The average molecular weight is 254 g/mol. The summed E-state index contributed by atoms with van der Waals surface area (Å²) in [6.45, 7) is 1.25. The monoisotopic (exact) mass is 254 g/mol. The highest BCUT2D eigenvalue weighted by Crippen LogP contribution is 2.09. The van der Waals surface area contributed by atoms with Gasteiger partial charge < -0.3 is 25.0 Å². The van der Waals surface area contributed by atoms with Crippen molar-refractivity contribution in [1.29, 1.82) is 0 Å². The third kappa shape index (κ3) is 2.59. The van der Waals surface area contributed by atoms with Crippen LogP contribution in [0, 0.1) is 0 Å². The molecule has 98 valence electrons. The van der Waals surface area contributed by atoms with Crippen molar-refractivity contribution in [2.24, 2.45) is 0 Å². The van der Waals surface area contributed by atoms with E-state index in [2.05, 4.69) is 10.3 Å². The molecule has 1 aliphatic rings. The van der Waals surface area contributed by atoms with E-state index in [1.807, 2.05) is 10.8 Å². The Balaban J connectivity index is 1.86. The molecule has 1 aromatic rings. The van der Waals surface area contributed by atoms with Crippen LogP contribution in [0.2, 0.25) is 0 Å². The molecule has 0 radical (unpaired) electrons. The lowest BCUT2D eigenvalue weighted by atomic mass is 10.3. The smallest absolute Gasteiger partial charge is 0.334 e. The minimum Gasteiger partial charge on any atom is -0.479 e. The maximum Gasteiger partial charge on any atom is 0.334 e. The molecule has 0 spiro atoms. The van der Waals surface area contributed by atoms with E-state index in [1.165, 1.54) is 4.90 Å². The van der Waals surface area contributed by atoms with Gasteiger partial charge in [-0.05, 0) is 0 Å². The molecule has 1 aliphatic heterocycles. The minimum atomic E-state index is -1.58. The Morgan fingerprint density at radius 3 is 3.00 bits per heavy atom. The molecule has 0 saturated heterocycles. The fraction of sp³-hybridized carbons (Fsp3) is 0.500. The number of aliphatic hydroxyl groups is 1. The Kier molecular flexibility index (Phi) is 3.47. The second kappa shape index (κ2) is 5.05. The molecule has 0 saturated carbocycles. The number of carbonyl (C=O) groups excluding carboxylic acids is 1. The lowest BCUT2D eigenvalue weighted by molar-refractivity contribution is -0.146. The highest BCUT2D eigenvalue weighted by Gasteiger charge is 2.22. The molecule has 18 heavy (non-hydrogen) atoms. The number of hydrogen-bond acceptors (Lipinski definition) is 4. The van der Waals surface area contributed by atoms with Crippen molar-refractivity contribution in [3.63, 3.8) is 0 Å². The maximum absolute atomic E-state index is 11.7. The van der Waals surface area contributed by atoms with E-state index in [9.17, 15) is 9.59 Å². The van der Waals surface area contributed by atoms with Crippen molar-refractivity contribution in [1.82, 2.24) is 19.8 Å². The molecule has 2 amide bonds. The maximum atomic E-state index is 11.7. The molecule has 8 nitrogen and oxygen atoms in total. The quantitative estimate of drug-likeness (QED) is 0.631. The van der Waals surface area contributed by atoms with Gasteiger partial charge in [0.2, 0.25) is 0 Å². The topological polar surface area (TPSA) is 108 Å². The van der Waals surface area contributed by atoms with Crippen molar-refractivity contribution in [3.8, 4) is 0 Å². The van der Waals surface area contributed by atoms with Gasteiger partial charge in [0.15, 0.2) is 6.10 Å². The predicted molar refractivity (Wildman–Crippen MR) is 59.7 cm³/mol. The molecule has 1 aromatic heterocycles. The summed E-state index contributed by atoms with van der Waals surface area (Å²) < 4.78 is 1.95. The Morgan fingerprint density at radius 2 is 2.28 bits per heavy atom. The normalized spacial score (nSPS) is 15.9. The second-order valence-corrected chi connectivity index (χ2v) is 4.00. The van der Waals surface area contributed by atoms with Crippen LogP contribution < -0.4 is 5.32 Å². The second-order valence-electron chi connectivity index (χ2n) is 4.00. The van der Waals surface area contributed by atoms with E-state index in [-0.39, 0.29) is 6.54 Å². The van der Waals surface area contributed by atoms with E-state index in [1.54, 1.807) is 6.20 Å². The number of carbonyl (C=O) groups is 2. The van der Waals surface area contributed by atoms with Crippen molar-refractivity contribution in [3.05, 3.63) is 18.2 Å². The number of rotatable bonds is 3. The number of imidazole rings is 1. The molecule has 2 heterocycles. The van der Waals surface area contributed by atoms with Gasteiger partial charge in [-0.2, -0.15) is 0 Å². The third-order valence-electron chi connectivity index (χ3n) is 2.76. The van der Waals surface area contributed by atoms with E-state index in [0.29, 0.717) is 19.6 Å². The zero-order chi connectivity index (χ0) is 13.1. The zero-order valence-corrected chi connectivity index (χ0v) is 9.61. The third-order valence-corrected chi connectivity index (χ3v) is 2.76. The minimum absolute atomic E-state index is 0.306. The molecule has 0 aliphatic carbocycles. The molecule has 1 unspecified atom stereocenters. The van der Waals surface area contributed by atoms with Crippen LogP contribution >= 0.6 is 0 Å². The summed E-state index contributed by atoms with van der Waals surface area (Å²) in [5.41, 5.74) is 0. The lowest BCUT2D eigenvalue weighted by Gasteiger charge is -2.27. The van der Waals surface area contributed by atoms with Crippen LogP contribution in [0.15, 0.2) is 12.4 Å². The number of amides is 2. The van der Waals surface area contributed by atoms with Gasteiger partial charge in [-0.3, -0.25) is 0 Å². The number of nitrogens with zero attached hydrogens (tertiary/aromatic N) is 3. The Hall–Kier alpha value is -2.09. The molecule has 0 aromatic carbocycles. The van der Waals surface area contributed by atoms with Gasteiger partial charge in [0.25, 0.3) is 0 Å². The number of nitrogens with one attached hydrogen (secondary N) is 1. The first-order valence-corrected chi connectivity index (χ1v) is 5.51. The molecule has 0 fully saturated rings. The number of hydrogen-bond donors (Lipinski definition) is 3. The van der Waals surface area contributed by atoms with E-state index in [4.69, 9.17) is 10.2 Å². The van der Waals surface area contributed by atoms with E-state index in [0.717, 1.165) is 5.82 Å². The van der Waals surface area contributed by atoms with Crippen LogP contribution in [0.25, 0.3) is 0 Å². The van der Waals surface area contributed by atoms with Gasteiger partial charge in [0.05, 0.1) is 13.1 Å². The molecular weight excluding hydrogens is 240 g/mol. The van der Waals surface area contributed by atoms with Gasteiger partial charge >= 0.3 is 12.0 Å². The highest BCUT2D eigenvalue weighted by molar-refractivity contribution is 5.76. The molecule has 0 bridgehead atoms. The Labute approximate surface area is 103 Å². The molecule has 2 rings (SSSR count). The Bertz CT molecular complexity index is 458. The number of aromatic nitrogens is 2. The standard InChI is InChI=1S/C10H14N4O4/c15-7(9(16)17)5-12-10(18)14-4-3-13-2-1-11-8(13)6-14/h1-2,7,15H,3-6H2,(H,12,18)(H,16,17). The fourth-order valence-electron chi connectivity index (χ4n) is 1.73. The van der Waals surface area contributed by atoms with Gasteiger partial charge in [-0.15, -0.1) is 0 Å². The number of aliphatic hydroxyl groups excluding tert-OH is 1. The van der Waals surface area contributed by atoms with E-state index < -0.39 is 18.1 Å². The fourth-order valence-corrected chi connectivity index (χ4v) is 1.73. The number of carboxylic acid groups (broad SMARTS) is 1. The zero-order valence-electron chi connectivity index (χ0n) is 9.61. The van der Waals surface area contributed by atoms with Crippen LogP contribution in [-0.4, -0.2) is 55.9 Å². The van der Waals surface area contributed by atoms with Crippen LogP contribution in [0.4, 0.5) is 4.79 Å². The number of fused-ring (bicyclic) bond motifs is 1. The van der Waals surface area contributed by atoms with Crippen LogP contribution in [0.5, 0.6) is 0 Å². The summed E-state index contributed by atoms with van der Waals surface area (Å²) in [5, 5.41) is 19.9. The van der Waals surface area contributed by atoms with Crippen molar-refractivity contribution < 1.29 is 19.8 Å². The lowest BCUT2D eigenvalue weighted by Crippen LogP contribution is -2.47. The summed E-state index contributed by atoms with van der Waals surface area (Å²) in [7, 11) is 0. The van der Waals surface area contributed by atoms with E-state index >= 15 is 0 Å². The first kappa shape index (κ1) is 12.4. The molecular formula is C10H14N4O4. The van der Waals surface area contributed by atoms with Crippen molar-refractivity contribution in [2.45, 2.75) is 19.2 Å². The van der Waals surface area contributed by atoms with Crippen LogP contribution in [0.3, 0.4) is 0 Å². The number of carboxylic acids is 1. The summed E-state index contributed by atoms with van der Waals surface area (Å²) in [6, 6.07) is -0.399. The number of urea groups is 1. The summed E-state index contributed by atoms with van der Waals surface area (Å²) in [6.07, 6.45) is 1.93. The van der Waals surface area contributed by atoms with Gasteiger partial charge in [0, 0.05) is 25.5 Å². The largest absolute Gasteiger partial charge is 0.479 e. The highest BCUT2D eigenvalue weighted by atomic mass is 16.4. The summed E-state index contributed by atoms with van der Waals surface area (Å²) in [4.78, 5) is 27.8. The predicted octanol–water partition coefficient (Wildman–Crippen LogP) is -1.15. The summed E-state index contributed by atoms with van der Waals surface area (Å²) in [5.74, 6) is -0.570. The number of aliphatic carboxylic acids is 1. The molecule has 1 atom stereocenters. The summed E-state index contributed by atoms with van der Waals surface area (Å²) >= 11 is 0. The first-order valence-electron chi connectivity index (χ1n) is 5.51. The molecule has 3 N–H and O–H groups in total. The first-order chi connectivity index (χ1) is 8.58. The van der Waals surface area contributed by atoms with Gasteiger partial charge in [-0.25, -0.2) is 14.6 Å². The van der Waals surface area contributed by atoms with Crippen LogP contribution in [0.1, 0.15) is 5.82 Å².